The Labute approximate surface area is 173 Å². The number of nitrogens with zero attached hydrogens (tertiary/aromatic N) is 4. The minimum absolute atomic E-state index is 0.0324. The van der Waals surface area contributed by atoms with Crippen molar-refractivity contribution in [3.63, 3.8) is 0 Å². The van der Waals surface area contributed by atoms with Crippen LogP contribution in [0.1, 0.15) is 39.8 Å². The highest BCUT2D eigenvalue weighted by molar-refractivity contribution is 7.09. The van der Waals surface area contributed by atoms with E-state index in [0.717, 1.165) is 22.3 Å². The summed E-state index contributed by atoms with van der Waals surface area (Å²) >= 11 is 7.41. The van der Waals surface area contributed by atoms with Gasteiger partial charge in [-0.3, -0.25) is 4.79 Å². The number of thiazole rings is 1. The zero-order valence-corrected chi connectivity index (χ0v) is 16.6. The first kappa shape index (κ1) is 19.9. The zero-order chi connectivity index (χ0) is 20.6. The highest BCUT2D eigenvalue weighted by atomic mass is 35.5. The minimum Gasteiger partial charge on any atom is -0.338 e. The van der Waals surface area contributed by atoms with E-state index in [-0.39, 0.29) is 16.6 Å². The molecule has 0 spiro atoms. The van der Waals surface area contributed by atoms with E-state index in [2.05, 4.69) is 10.1 Å². The molecule has 3 heterocycles. The van der Waals surface area contributed by atoms with Crippen molar-refractivity contribution in [2.75, 3.05) is 13.1 Å². The van der Waals surface area contributed by atoms with Crippen LogP contribution < -0.4 is 0 Å². The van der Waals surface area contributed by atoms with Crippen molar-refractivity contribution in [1.82, 2.24) is 19.7 Å². The molecule has 1 amide bonds. The van der Waals surface area contributed by atoms with E-state index < -0.39 is 23.3 Å². The predicted molar refractivity (Wildman–Crippen MR) is 104 cm³/mol. The largest absolute Gasteiger partial charge is 0.434 e. The molecule has 0 bridgehead atoms. The van der Waals surface area contributed by atoms with Crippen LogP contribution in [0.5, 0.6) is 0 Å². The van der Waals surface area contributed by atoms with Crippen LogP contribution >= 0.6 is 22.9 Å². The maximum atomic E-state index is 13.9. The number of amides is 1. The highest BCUT2D eigenvalue weighted by Gasteiger charge is 2.42. The van der Waals surface area contributed by atoms with Crippen LogP contribution in [-0.2, 0) is 6.18 Å². The van der Waals surface area contributed by atoms with E-state index in [9.17, 15) is 18.0 Å². The van der Waals surface area contributed by atoms with E-state index in [4.69, 9.17) is 11.6 Å². The maximum Gasteiger partial charge on any atom is 0.434 e. The number of benzene rings is 1. The number of carbonyl (C=O) groups excluding carboxylic acids is 1. The topological polar surface area (TPSA) is 51.0 Å². The van der Waals surface area contributed by atoms with Crippen molar-refractivity contribution in [2.45, 2.75) is 24.9 Å². The van der Waals surface area contributed by atoms with Gasteiger partial charge in [0.05, 0.1) is 22.5 Å². The Morgan fingerprint density at radius 1 is 1.31 bits per heavy atom. The van der Waals surface area contributed by atoms with Gasteiger partial charge >= 0.3 is 6.18 Å². The fourth-order valence-corrected chi connectivity index (χ4v) is 4.50. The molecular formula is C19H16ClF3N4OS. The quantitative estimate of drug-likeness (QED) is 0.574. The third-order valence-corrected chi connectivity index (χ3v) is 6.00. The zero-order valence-electron chi connectivity index (χ0n) is 15.1. The molecule has 0 saturated carbocycles. The molecule has 0 aliphatic carbocycles. The van der Waals surface area contributed by atoms with Gasteiger partial charge in [0, 0.05) is 35.6 Å². The molecule has 2 aromatic heterocycles. The van der Waals surface area contributed by atoms with Crippen LogP contribution in [0.3, 0.4) is 0 Å². The predicted octanol–water partition coefficient (Wildman–Crippen LogP) is 5.02. The second-order valence-corrected chi connectivity index (χ2v) is 8.12. The molecular weight excluding hydrogens is 425 g/mol. The van der Waals surface area contributed by atoms with Crippen molar-refractivity contribution in [3.05, 3.63) is 63.3 Å². The van der Waals surface area contributed by atoms with Gasteiger partial charge in [0.1, 0.15) is 0 Å². The Morgan fingerprint density at radius 2 is 2.14 bits per heavy atom. The van der Waals surface area contributed by atoms with Crippen LogP contribution in [0.25, 0.3) is 5.69 Å². The molecule has 1 unspecified atom stereocenters. The highest BCUT2D eigenvalue weighted by Crippen LogP contribution is 2.36. The summed E-state index contributed by atoms with van der Waals surface area (Å²) in [7, 11) is 0. The van der Waals surface area contributed by atoms with Crippen LogP contribution in [0.4, 0.5) is 13.2 Å². The molecule has 1 saturated heterocycles. The second kappa shape index (κ2) is 7.79. The fraction of sp³-hybridized carbons (Fsp3) is 0.316. The summed E-state index contributed by atoms with van der Waals surface area (Å²) in [5.41, 5.74) is -1.42. The van der Waals surface area contributed by atoms with Gasteiger partial charge in [0.2, 0.25) is 0 Å². The first-order valence-electron chi connectivity index (χ1n) is 8.94. The van der Waals surface area contributed by atoms with Crippen molar-refractivity contribution in [1.29, 1.82) is 0 Å². The Balaban J connectivity index is 1.68. The van der Waals surface area contributed by atoms with Gasteiger partial charge in [0.25, 0.3) is 5.91 Å². The molecule has 1 aliphatic heterocycles. The number of piperidine rings is 1. The van der Waals surface area contributed by atoms with Gasteiger partial charge in [-0.05, 0) is 31.0 Å². The monoisotopic (exact) mass is 440 g/mol. The van der Waals surface area contributed by atoms with E-state index in [0.29, 0.717) is 19.5 Å². The first-order chi connectivity index (χ1) is 13.8. The molecule has 1 atom stereocenters. The smallest absolute Gasteiger partial charge is 0.338 e. The number of rotatable bonds is 3. The van der Waals surface area contributed by atoms with Crippen molar-refractivity contribution >= 4 is 28.8 Å². The van der Waals surface area contributed by atoms with E-state index in [1.807, 2.05) is 5.38 Å². The van der Waals surface area contributed by atoms with Crippen LogP contribution in [0.2, 0.25) is 5.02 Å². The molecule has 1 aromatic carbocycles. The van der Waals surface area contributed by atoms with Crippen molar-refractivity contribution < 1.29 is 18.0 Å². The summed E-state index contributed by atoms with van der Waals surface area (Å²) in [6.07, 6.45) is -0.518. The number of aromatic nitrogens is 3. The molecule has 4 rings (SSSR count). The number of alkyl halides is 3. The molecule has 1 fully saturated rings. The molecule has 0 radical (unpaired) electrons. The van der Waals surface area contributed by atoms with Crippen molar-refractivity contribution in [3.8, 4) is 5.69 Å². The second-order valence-electron chi connectivity index (χ2n) is 6.76. The summed E-state index contributed by atoms with van der Waals surface area (Å²) in [6.45, 7) is 0.742. The molecule has 5 nitrogen and oxygen atoms in total. The summed E-state index contributed by atoms with van der Waals surface area (Å²) in [5.74, 6) is -0.642. The molecule has 152 valence electrons. The number of hydrogen-bond donors (Lipinski definition) is 0. The Morgan fingerprint density at radius 3 is 2.83 bits per heavy atom. The number of hydrogen-bond acceptors (Lipinski definition) is 4. The van der Waals surface area contributed by atoms with Gasteiger partial charge < -0.3 is 4.90 Å². The van der Waals surface area contributed by atoms with Gasteiger partial charge in [-0.2, -0.15) is 18.3 Å². The van der Waals surface area contributed by atoms with E-state index in [1.165, 1.54) is 34.4 Å². The van der Waals surface area contributed by atoms with Gasteiger partial charge in [-0.15, -0.1) is 11.3 Å². The van der Waals surface area contributed by atoms with Crippen LogP contribution in [0.15, 0.2) is 42.0 Å². The van der Waals surface area contributed by atoms with Crippen molar-refractivity contribution in [2.24, 2.45) is 0 Å². The standard InChI is InChI=1S/C19H16ClF3N4OS/c20-13-4-1-5-14(9-13)27-16(19(21,22)23)15(10-25-27)18(28)26-7-2-3-12(11-26)17-24-6-8-29-17/h1,4-6,8-10,12H,2-3,7,11H2. The molecule has 10 heteroatoms. The lowest BCUT2D eigenvalue weighted by Gasteiger charge is -2.32. The Kier molecular flexibility index (Phi) is 5.35. The molecule has 3 aromatic rings. The lowest BCUT2D eigenvalue weighted by Crippen LogP contribution is -2.39. The summed E-state index contributed by atoms with van der Waals surface area (Å²) < 4.78 is 42.4. The van der Waals surface area contributed by atoms with Crippen LogP contribution in [0, 0.1) is 0 Å². The summed E-state index contributed by atoms with van der Waals surface area (Å²) in [4.78, 5) is 18.8. The third kappa shape index (κ3) is 4.02. The van der Waals surface area contributed by atoms with Gasteiger partial charge in [-0.25, -0.2) is 9.67 Å². The molecule has 29 heavy (non-hydrogen) atoms. The average Bonchev–Trinajstić information content (AvgIpc) is 3.37. The molecule has 0 N–H and O–H groups in total. The van der Waals surface area contributed by atoms with E-state index in [1.54, 1.807) is 12.3 Å². The number of likely N-dealkylation sites (tertiary alicyclic amines) is 1. The Hall–Kier alpha value is -2.39. The lowest BCUT2D eigenvalue weighted by atomic mass is 9.98. The van der Waals surface area contributed by atoms with Crippen LogP contribution in [-0.4, -0.2) is 38.7 Å². The fourth-order valence-electron chi connectivity index (χ4n) is 3.55. The third-order valence-electron chi connectivity index (χ3n) is 4.83. The van der Waals surface area contributed by atoms with Gasteiger partial charge in [0.15, 0.2) is 5.69 Å². The van der Waals surface area contributed by atoms with Gasteiger partial charge in [-0.1, -0.05) is 17.7 Å². The average molecular weight is 441 g/mol. The first-order valence-corrected chi connectivity index (χ1v) is 10.2. The SMILES string of the molecule is O=C(c1cnn(-c2cccc(Cl)c2)c1C(F)(F)F)N1CCCC(c2nccs2)C1. The Bertz CT molecular complexity index is 1020. The van der Waals surface area contributed by atoms with E-state index >= 15 is 0 Å². The summed E-state index contributed by atoms with van der Waals surface area (Å²) in [5, 5.41) is 6.89. The minimum atomic E-state index is -4.76. The molecule has 1 aliphatic rings. The lowest BCUT2D eigenvalue weighted by molar-refractivity contribution is -0.143. The normalized spacial score (nSPS) is 17.5. The number of carbonyl (C=O) groups is 1. The maximum absolute atomic E-state index is 13.9. The number of halogens is 4. The summed E-state index contributed by atoms with van der Waals surface area (Å²) in [6, 6.07) is 5.92.